The number of hydrogen-bond acceptors (Lipinski definition) is 2. The fourth-order valence-corrected chi connectivity index (χ4v) is 3.43. The molecule has 4 nitrogen and oxygen atoms in total. The highest BCUT2D eigenvalue weighted by Gasteiger charge is 2.25. The Kier molecular flexibility index (Phi) is 3.37. The van der Waals surface area contributed by atoms with Crippen LogP contribution < -0.4 is 5.32 Å². The minimum atomic E-state index is 0.0325. The van der Waals surface area contributed by atoms with Crippen LogP contribution in [0.2, 0.25) is 0 Å². The fourth-order valence-electron chi connectivity index (χ4n) is 3.43. The van der Waals surface area contributed by atoms with Gasteiger partial charge in [0.1, 0.15) is 0 Å². The Bertz CT molecular complexity index is 933. The molecule has 126 valence electrons. The molecule has 1 aromatic carbocycles. The molecule has 0 bridgehead atoms. The second kappa shape index (κ2) is 5.73. The topological polar surface area (TPSA) is 46.9 Å². The lowest BCUT2D eigenvalue weighted by molar-refractivity contribution is 0.0952. The zero-order valence-corrected chi connectivity index (χ0v) is 14.1. The number of hydrogen-bond donors (Lipinski definition) is 1. The maximum Gasteiger partial charge on any atom is 0.253 e. The third-order valence-corrected chi connectivity index (χ3v) is 5.17. The molecule has 0 spiro atoms. The van der Waals surface area contributed by atoms with Crippen molar-refractivity contribution in [1.82, 2.24) is 14.9 Å². The van der Waals surface area contributed by atoms with Gasteiger partial charge in [0.2, 0.25) is 0 Å². The number of rotatable bonds is 5. The first-order valence-corrected chi connectivity index (χ1v) is 9.11. The van der Waals surface area contributed by atoms with Crippen LogP contribution in [0.1, 0.15) is 53.2 Å². The zero-order chi connectivity index (χ0) is 16.8. The molecular formula is C21H21N3O. The lowest BCUT2D eigenvalue weighted by Gasteiger charge is -2.10. The second-order valence-corrected chi connectivity index (χ2v) is 7.29. The molecule has 2 fully saturated rings. The Labute approximate surface area is 146 Å². The Hall–Kier alpha value is -2.62. The van der Waals surface area contributed by atoms with E-state index in [4.69, 9.17) is 0 Å². The quantitative estimate of drug-likeness (QED) is 0.772. The monoisotopic (exact) mass is 331 g/mol. The van der Waals surface area contributed by atoms with Gasteiger partial charge in [0, 0.05) is 23.8 Å². The number of carbonyl (C=O) groups is 1. The van der Waals surface area contributed by atoms with Crippen LogP contribution in [0.4, 0.5) is 0 Å². The van der Waals surface area contributed by atoms with Crippen molar-refractivity contribution < 1.29 is 4.79 Å². The van der Waals surface area contributed by atoms with Crippen LogP contribution in [-0.2, 0) is 6.54 Å². The van der Waals surface area contributed by atoms with Crippen LogP contribution in [0.3, 0.4) is 0 Å². The van der Waals surface area contributed by atoms with Gasteiger partial charge in [-0.1, -0.05) is 18.2 Å². The van der Waals surface area contributed by atoms with Gasteiger partial charge in [0.15, 0.2) is 0 Å². The van der Waals surface area contributed by atoms with E-state index in [2.05, 4.69) is 45.3 Å². The maximum absolute atomic E-state index is 12.6. The number of amides is 1. The number of carbonyl (C=O) groups excluding carboxylic acids is 1. The maximum atomic E-state index is 12.6. The summed E-state index contributed by atoms with van der Waals surface area (Å²) in [5, 5.41) is 4.20. The number of para-hydroxylation sites is 1. The summed E-state index contributed by atoms with van der Waals surface area (Å²) in [6, 6.07) is 12.7. The predicted molar refractivity (Wildman–Crippen MR) is 97.7 cm³/mol. The first-order valence-electron chi connectivity index (χ1n) is 9.11. The van der Waals surface area contributed by atoms with Gasteiger partial charge in [0.25, 0.3) is 5.91 Å². The van der Waals surface area contributed by atoms with Crippen LogP contribution in [-0.4, -0.2) is 21.5 Å². The van der Waals surface area contributed by atoms with Gasteiger partial charge in [-0.3, -0.25) is 9.78 Å². The van der Waals surface area contributed by atoms with E-state index >= 15 is 0 Å². The summed E-state index contributed by atoms with van der Waals surface area (Å²) < 4.78 is 2.14. The molecule has 25 heavy (non-hydrogen) atoms. The predicted octanol–water partition coefficient (Wildman–Crippen LogP) is 3.85. The Balaban J connectivity index is 1.46. The number of aromatic nitrogens is 2. The molecule has 0 radical (unpaired) electrons. The highest BCUT2D eigenvalue weighted by atomic mass is 16.1. The number of benzene rings is 1. The molecule has 2 aromatic heterocycles. The van der Waals surface area contributed by atoms with Gasteiger partial charge >= 0.3 is 0 Å². The van der Waals surface area contributed by atoms with Crippen LogP contribution in [0.25, 0.3) is 10.9 Å². The molecule has 2 aliphatic carbocycles. The molecule has 2 saturated carbocycles. The fraction of sp³-hybridized carbons (Fsp3) is 0.333. The largest absolute Gasteiger partial charge is 0.349 e. The van der Waals surface area contributed by atoms with Gasteiger partial charge in [-0.15, -0.1) is 0 Å². The lowest BCUT2D eigenvalue weighted by atomic mass is 10.1. The molecule has 0 unspecified atom stereocenters. The first-order chi connectivity index (χ1) is 12.3. The van der Waals surface area contributed by atoms with Crippen molar-refractivity contribution in [2.45, 2.75) is 44.2 Å². The summed E-state index contributed by atoms with van der Waals surface area (Å²) in [6.07, 6.45) is 8.85. The number of fused-ring (bicyclic) bond motifs is 1. The van der Waals surface area contributed by atoms with E-state index in [1.165, 1.54) is 18.4 Å². The van der Waals surface area contributed by atoms with Gasteiger partial charge in [-0.2, -0.15) is 0 Å². The standard InChI is InChI=1S/C21H21N3O/c25-21(23-17-8-9-17)19-3-1-2-15-10-11-24(20(15)19)13-18-7-6-16(12-22-18)14-4-5-14/h1-3,6-7,10-12,14,17H,4-5,8-9,13H2,(H,23,25). The van der Waals surface area contributed by atoms with E-state index in [1.807, 2.05) is 18.3 Å². The summed E-state index contributed by atoms with van der Waals surface area (Å²) in [5.74, 6) is 0.761. The highest BCUT2D eigenvalue weighted by molar-refractivity contribution is 6.06. The number of nitrogens with zero attached hydrogens (tertiary/aromatic N) is 2. The van der Waals surface area contributed by atoms with E-state index in [-0.39, 0.29) is 5.91 Å². The molecular weight excluding hydrogens is 310 g/mol. The molecule has 0 atom stereocenters. The van der Waals surface area contributed by atoms with Crippen molar-refractivity contribution in [1.29, 1.82) is 0 Å². The van der Waals surface area contributed by atoms with Crippen LogP contribution in [0.5, 0.6) is 0 Å². The van der Waals surface area contributed by atoms with Crippen LogP contribution in [0.15, 0.2) is 48.8 Å². The summed E-state index contributed by atoms with van der Waals surface area (Å²) in [6.45, 7) is 0.683. The molecule has 5 rings (SSSR count). The van der Waals surface area contributed by atoms with Crippen molar-refractivity contribution in [3.63, 3.8) is 0 Å². The average molecular weight is 331 g/mol. The van der Waals surface area contributed by atoms with E-state index in [0.29, 0.717) is 12.6 Å². The van der Waals surface area contributed by atoms with E-state index in [1.54, 1.807) is 0 Å². The van der Waals surface area contributed by atoms with Crippen LogP contribution >= 0.6 is 0 Å². The van der Waals surface area contributed by atoms with Gasteiger partial charge in [0.05, 0.1) is 23.3 Å². The summed E-state index contributed by atoms with van der Waals surface area (Å²) >= 11 is 0. The summed E-state index contributed by atoms with van der Waals surface area (Å²) in [4.78, 5) is 17.2. The summed E-state index contributed by atoms with van der Waals surface area (Å²) in [5.41, 5.74) is 4.13. The molecule has 0 aliphatic heterocycles. The minimum Gasteiger partial charge on any atom is -0.349 e. The third-order valence-electron chi connectivity index (χ3n) is 5.17. The third kappa shape index (κ3) is 2.93. The Morgan fingerprint density at radius 3 is 2.72 bits per heavy atom. The normalized spacial score (nSPS) is 17.0. The molecule has 2 aliphatic rings. The molecule has 0 saturated heterocycles. The number of pyridine rings is 1. The Morgan fingerprint density at radius 2 is 2.00 bits per heavy atom. The lowest BCUT2D eigenvalue weighted by Crippen LogP contribution is -2.26. The van der Waals surface area contributed by atoms with E-state index in [0.717, 1.165) is 40.9 Å². The zero-order valence-electron chi connectivity index (χ0n) is 14.1. The first kappa shape index (κ1) is 14.7. The average Bonchev–Trinajstić information content (AvgIpc) is 3.55. The minimum absolute atomic E-state index is 0.0325. The molecule has 2 heterocycles. The second-order valence-electron chi connectivity index (χ2n) is 7.29. The van der Waals surface area contributed by atoms with Crippen molar-refractivity contribution >= 4 is 16.8 Å². The SMILES string of the molecule is O=C(NC1CC1)c1cccc2ccn(Cc3ccc(C4CC4)cn3)c12. The summed E-state index contributed by atoms with van der Waals surface area (Å²) in [7, 11) is 0. The van der Waals surface area contributed by atoms with E-state index < -0.39 is 0 Å². The number of nitrogens with one attached hydrogen (secondary N) is 1. The van der Waals surface area contributed by atoms with Crippen molar-refractivity contribution in [3.05, 3.63) is 65.6 Å². The van der Waals surface area contributed by atoms with E-state index in [9.17, 15) is 4.79 Å². The molecule has 1 amide bonds. The van der Waals surface area contributed by atoms with Crippen LogP contribution in [0, 0.1) is 0 Å². The molecule has 4 heteroatoms. The smallest absolute Gasteiger partial charge is 0.253 e. The van der Waals surface area contributed by atoms with Crippen molar-refractivity contribution in [3.8, 4) is 0 Å². The highest BCUT2D eigenvalue weighted by Crippen LogP contribution is 2.39. The Morgan fingerprint density at radius 1 is 1.12 bits per heavy atom. The van der Waals surface area contributed by atoms with Gasteiger partial charge in [-0.05, 0) is 55.4 Å². The van der Waals surface area contributed by atoms with Gasteiger partial charge in [-0.25, -0.2) is 0 Å². The molecule has 3 aromatic rings. The van der Waals surface area contributed by atoms with Crippen molar-refractivity contribution in [2.75, 3.05) is 0 Å². The van der Waals surface area contributed by atoms with Gasteiger partial charge < -0.3 is 9.88 Å². The molecule has 1 N–H and O–H groups in total. The van der Waals surface area contributed by atoms with Crippen molar-refractivity contribution in [2.24, 2.45) is 0 Å².